The molecule has 1 saturated heterocycles. The van der Waals surface area contributed by atoms with Crippen molar-refractivity contribution < 1.29 is 22.8 Å². The molecule has 0 spiro atoms. The third-order valence-corrected chi connectivity index (χ3v) is 9.13. The van der Waals surface area contributed by atoms with Crippen LogP contribution in [-0.2, 0) is 24.2 Å². The highest BCUT2D eigenvalue weighted by Gasteiger charge is 2.51. The van der Waals surface area contributed by atoms with Crippen LogP contribution in [0.25, 0.3) is 0 Å². The zero-order chi connectivity index (χ0) is 20.6. The monoisotopic (exact) mass is 425 g/mol. The second kappa shape index (κ2) is 7.89. The highest BCUT2D eigenvalue weighted by atomic mass is 32.2. The van der Waals surface area contributed by atoms with Gasteiger partial charge in [0.1, 0.15) is 0 Å². The van der Waals surface area contributed by atoms with Gasteiger partial charge in [-0.1, -0.05) is 0 Å². The zero-order valence-corrected chi connectivity index (χ0v) is 17.6. The van der Waals surface area contributed by atoms with E-state index < -0.39 is 21.7 Å². The van der Waals surface area contributed by atoms with Crippen molar-refractivity contribution in [2.75, 3.05) is 18.1 Å². The van der Waals surface area contributed by atoms with Crippen molar-refractivity contribution in [3.63, 3.8) is 0 Å². The van der Waals surface area contributed by atoms with E-state index in [9.17, 15) is 22.8 Å². The Bertz CT molecular complexity index is 759. The van der Waals surface area contributed by atoms with Gasteiger partial charge in [-0.05, 0) is 74.0 Å². The molecule has 3 amide bonds. The van der Waals surface area contributed by atoms with E-state index in [4.69, 9.17) is 0 Å². The van der Waals surface area contributed by atoms with Crippen LogP contribution in [0, 0.1) is 29.1 Å². The van der Waals surface area contributed by atoms with Crippen molar-refractivity contribution in [3.8, 4) is 0 Å². The molecule has 5 fully saturated rings. The lowest BCUT2D eigenvalue weighted by atomic mass is 9.49. The maximum absolute atomic E-state index is 12.4. The van der Waals surface area contributed by atoms with E-state index in [2.05, 4.69) is 16.2 Å². The maximum atomic E-state index is 12.4. The van der Waals surface area contributed by atoms with Crippen LogP contribution in [0.3, 0.4) is 0 Å². The van der Waals surface area contributed by atoms with E-state index in [1.165, 1.54) is 19.3 Å². The summed E-state index contributed by atoms with van der Waals surface area (Å²) >= 11 is 0. The summed E-state index contributed by atoms with van der Waals surface area (Å²) < 4.78 is 22.9. The van der Waals surface area contributed by atoms with Gasteiger partial charge in [-0.3, -0.25) is 25.2 Å². The molecule has 3 N–H and O–H groups in total. The van der Waals surface area contributed by atoms with Crippen LogP contribution >= 0.6 is 0 Å². The molecule has 5 rings (SSSR count). The standard InChI is InChI=1S/C20H31N3O5S/c24-17(6-13-1-2-29(27,28)12-13)22-23-19(26)11-21-18(25)10-20-7-14-3-15(8-20)5-16(4-14)9-20/h13-16H,1-12H2,(H,21,25)(H,22,24)(H,23,26)/t13-,14?,15?,16?,20?/m1/s1. The average Bonchev–Trinajstić information content (AvgIpc) is 2.95. The topological polar surface area (TPSA) is 121 Å². The summed E-state index contributed by atoms with van der Waals surface area (Å²) in [6.45, 7) is -0.177. The van der Waals surface area contributed by atoms with E-state index in [1.807, 2.05) is 0 Å². The maximum Gasteiger partial charge on any atom is 0.257 e. The van der Waals surface area contributed by atoms with Crippen LogP contribution in [-0.4, -0.2) is 44.2 Å². The minimum absolute atomic E-state index is 0.0226. The molecule has 29 heavy (non-hydrogen) atoms. The van der Waals surface area contributed by atoms with Gasteiger partial charge in [-0.2, -0.15) is 0 Å². The minimum atomic E-state index is -3.03. The quantitative estimate of drug-likeness (QED) is 0.541. The molecular formula is C20H31N3O5S. The van der Waals surface area contributed by atoms with Gasteiger partial charge in [-0.25, -0.2) is 8.42 Å². The van der Waals surface area contributed by atoms with Crippen molar-refractivity contribution in [1.82, 2.24) is 16.2 Å². The second-order valence-electron chi connectivity index (χ2n) is 9.94. The molecule has 8 nitrogen and oxygen atoms in total. The third kappa shape index (κ3) is 5.10. The van der Waals surface area contributed by atoms with Crippen LogP contribution in [0.4, 0.5) is 0 Å². The smallest absolute Gasteiger partial charge is 0.257 e. The first-order valence-corrected chi connectivity index (χ1v) is 12.6. The molecule has 4 saturated carbocycles. The lowest BCUT2D eigenvalue weighted by Crippen LogP contribution is -2.49. The molecule has 0 aromatic carbocycles. The first kappa shape index (κ1) is 20.6. The highest BCUT2D eigenvalue weighted by molar-refractivity contribution is 7.91. The minimum Gasteiger partial charge on any atom is -0.347 e. The number of amides is 3. The fourth-order valence-corrected chi connectivity index (χ4v) is 8.48. The van der Waals surface area contributed by atoms with Gasteiger partial charge in [0.15, 0.2) is 9.84 Å². The SMILES string of the molecule is O=C(CC12CC3CC(CC(C3)C1)C2)NCC(=O)NNC(=O)C[C@H]1CCS(=O)(=O)C1. The number of rotatable bonds is 6. The zero-order valence-electron chi connectivity index (χ0n) is 16.7. The molecule has 0 aromatic rings. The number of carbonyl (C=O) groups is 3. The Labute approximate surface area is 171 Å². The summed E-state index contributed by atoms with van der Waals surface area (Å²) in [4.78, 5) is 36.2. The summed E-state index contributed by atoms with van der Waals surface area (Å²) in [5, 5.41) is 2.68. The lowest BCUT2D eigenvalue weighted by Gasteiger charge is -2.56. The van der Waals surface area contributed by atoms with Gasteiger partial charge >= 0.3 is 0 Å². The lowest BCUT2D eigenvalue weighted by molar-refractivity contribution is -0.133. The van der Waals surface area contributed by atoms with Gasteiger partial charge in [-0.15, -0.1) is 0 Å². The Morgan fingerprint density at radius 2 is 1.45 bits per heavy atom. The molecule has 0 unspecified atom stereocenters. The highest BCUT2D eigenvalue weighted by Crippen LogP contribution is 2.61. The molecule has 1 aliphatic heterocycles. The predicted molar refractivity (Wildman–Crippen MR) is 106 cm³/mol. The predicted octanol–water partition coefficient (Wildman–Crippen LogP) is 0.681. The van der Waals surface area contributed by atoms with E-state index in [0.29, 0.717) is 12.8 Å². The van der Waals surface area contributed by atoms with E-state index in [1.54, 1.807) is 0 Å². The molecule has 0 aromatic heterocycles. The van der Waals surface area contributed by atoms with Crippen molar-refractivity contribution in [1.29, 1.82) is 0 Å². The fourth-order valence-electron chi connectivity index (χ4n) is 6.62. The number of hydrazine groups is 1. The van der Waals surface area contributed by atoms with Crippen molar-refractivity contribution in [2.45, 2.75) is 57.8 Å². The molecule has 162 valence electrons. The summed E-state index contributed by atoms with van der Waals surface area (Å²) in [6, 6.07) is 0. The summed E-state index contributed by atoms with van der Waals surface area (Å²) in [5.41, 5.74) is 4.72. The van der Waals surface area contributed by atoms with Gasteiger partial charge in [0.2, 0.25) is 11.8 Å². The molecule has 4 aliphatic carbocycles. The van der Waals surface area contributed by atoms with Gasteiger partial charge in [0, 0.05) is 12.8 Å². The van der Waals surface area contributed by atoms with Gasteiger partial charge < -0.3 is 5.32 Å². The molecule has 9 heteroatoms. The Morgan fingerprint density at radius 3 is 2.00 bits per heavy atom. The van der Waals surface area contributed by atoms with E-state index in [-0.39, 0.29) is 41.7 Å². The molecule has 1 heterocycles. The summed E-state index contributed by atoms with van der Waals surface area (Å²) in [6.07, 6.45) is 8.46. The number of hydrogen-bond donors (Lipinski definition) is 3. The Balaban J connectivity index is 1.14. The number of hydrogen-bond acceptors (Lipinski definition) is 5. The van der Waals surface area contributed by atoms with Crippen molar-refractivity contribution in [2.24, 2.45) is 29.1 Å². The number of sulfone groups is 1. The average molecular weight is 426 g/mol. The Hall–Kier alpha value is -1.64. The number of carbonyl (C=O) groups excluding carboxylic acids is 3. The molecular weight excluding hydrogens is 394 g/mol. The third-order valence-electron chi connectivity index (χ3n) is 7.29. The summed E-state index contributed by atoms with van der Waals surface area (Å²) in [7, 11) is -3.03. The molecule has 4 bridgehead atoms. The van der Waals surface area contributed by atoms with Crippen LogP contribution in [0.5, 0.6) is 0 Å². The fraction of sp³-hybridized carbons (Fsp3) is 0.850. The molecule has 0 radical (unpaired) electrons. The largest absolute Gasteiger partial charge is 0.347 e. The molecule has 5 aliphatic rings. The molecule has 1 atom stereocenters. The van der Waals surface area contributed by atoms with Crippen LogP contribution in [0.15, 0.2) is 0 Å². The first-order valence-electron chi connectivity index (χ1n) is 10.8. The van der Waals surface area contributed by atoms with Crippen LogP contribution < -0.4 is 16.2 Å². The van der Waals surface area contributed by atoms with Crippen molar-refractivity contribution in [3.05, 3.63) is 0 Å². The second-order valence-corrected chi connectivity index (χ2v) is 12.2. The Kier molecular flexibility index (Phi) is 5.61. The van der Waals surface area contributed by atoms with Crippen LogP contribution in [0.2, 0.25) is 0 Å². The van der Waals surface area contributed by atoms with Gasteiger partial charge in [0.25, 0.3) is 5.91 Å². The Morgan fingerprint density at radius 1 is 0.862 bits per heavy atom. The normalized spacial score (nSPS) is 36.6. The number of nitrogens with one attached hydrogen (secondary N) is 3. The van der Waals surface area contributed by atoms with Crippen molar-refractivity contribution >= 4 is 27.6 Å². The van der Waals surface area contributed by atoms with E-state index in [0.717, 1.165) is 37.0 Å². The van der Waals surface area contributed by atoms with Crippen LogP contribution in [0.1, 0.15) is 57.8 Å². The van der Waals surface area contributed by atoms with Gasteiger partial charge in [0.05, 0.1) is 18.1 Å². The summed E-state index contributed by atoms with van der Waals surface area (Å²) in [5.74, 6) is 1.28. The first-order chi connectivity index (χ1) is 13.7. The van der Waals surface area contributed by atoms with E-state index >= 15 is 0 Å².